The van der Waals surface area contributed by atoms with Crippen LogP contribution in [0.5, 0.6) is 0 Å². The van der Waals surface area contributed by atoms with Crippen LogP contribution in [0.4, 0.5) is 0 Å². The topological polar surface area (TPSA) is 74.6 Å². The Hall–Kier alpha value is -0.900. The number of aliphatic carboxylic acids is 1. The van der Waals surface area contributed by atoms with Crippen molar-refractivity contribution in [3.63, 3.8) is 0 Å². The predicted molar refractivity (Wildman–Crippen MR) is 35.7 cm³/mol. The molecule has 0 heterocycles. The maximum Gasteiger partial charge on any atom is 0.303 e. The Kier molecular flexibility index (Phi) is 9.59. The average molecular weight is 148 g/mol. The molecular formula is C6H12O4. The van der Waals surface area contributed by atoms with E-state index < -0.39 is 5.97 Å². The van der Waals surface area contributed by atoms with Crippen LogP contribution in [0.15, 0.2) is 0 Å². The van der Waals surface area contributed by atoms with Crippen molar-refractivity contribution < 1.29 is 19.8 Å². The van der Waals surface area contributed by atoms with Gasteiger partial charge in [-0.15, -0.1) is 0 Å². The van der Waals surface area contributed by atoms with Gasteiger partial charge >= 0.3 is 5.97 Å². The van der Waals surface area contributed by atoms with Crippen molar-refractivity contribution in [2.45, 2.75) is 20.3 Å². The van der Waals surface area contributed by atoms with Gasteiger partial charge in [0.1, 0.15) is 6.61 Å². The van der Waals surface area contributed by atoms with E-state index >= 15 is 0 Å². The zero-order chi connectivity index (χ0) is 8.57. The molecule has 0 aliphatic carbocycles. The number of carbonyl (C=O) groups is 2. The van der Waals surface area contributed by atoms with Gasteiger partial charge < -0.3 is 10.2 Å². The lowest BCUT2D eigenvalue weighted by Crippen LogP contribution is -1.93. The summed E-state index contributed by atoms with van der Waals surface area (Å²) in [5.41, 5.74) is 0. The molecule has 0 aromatic carbocycles. The molecule has 4 nitrogen and oxygen atoms in total. The minimum Gasteiger partial charge on any atom is -0.481 e. The molecule has 4 heteroatoms. The summed E-state index contributed by atoms with van der Waals surface area (Å²) < 4.78 is 0. The molecule has 0 saturated heterocycles. The molecule has 10 heavy (non-hydrogen) atoms. The Bertz CT molecular complexity index is 94.3. The van der Waals surface area contributed by atoms with E-state index in [-0.39, 0.29) is 18.8 Å². The SMILES string of the molecule is CC(=O)CO.CCC(=O)O. The third-order valence-corrected chi connectivity index (χ3v) is 0.525. The summed E-state index contributed by atoms with van der Waals surface area (Å²) in [6.45, 7) is 2.60. The van der Waals surface area contributed by atoms with Crippen LogP contribution < -0.4 is 0 Å². The van der Waals surface area contributed by atoms with E-state index in [1.165, 1.54) is 6.92 Å². The third-order valence-electron chi connectivity index (χ3n) is 0.525. The van der Waals surface area contributed by atoms with Crippen LogP contribution in [0.25, 0.3) is 0 Å². The predicted octanol–water partition coefficient (Wildman–Crippen LogP) is 0.0487. The zero-order valence-corrected chi connectivity index (χ0v) is 6.13. The minimum atomic E-state index is -0.745. The summed E-state index contributed by atoms with van der Waals surface area (Å²) >= 11 is 0. The number of aliphatic hydroxyl groups is 1. The fraction of sp³-hybridized carbons (Fsp3) is 0.667. The van der Waals surface area contributed by atoms with Crippen LogP contribution in [0.3, 0.4) is 0 Å². The second-order valence-electron chi connectivity index (χ2n) is 1.61. The summed E-state index contributed by atoms with van der Waals surface area (Å²) in [7, 11) is 0. The van der Waals surface area contributed by atoms with Crippen LogP contribution >= 0.6 is 0 Å². The molecule has 0 atom stereocenters. The second kappa shape index (κ2) is 8.10. The fourth-order valence-electron chi connectivity index (χ4n) is 0. The highest BCUT2D eigenvalue weighted by Crippen LogP contribution is 1.67. The smallest absolute Gasteiger partial charge is 0.303 e. The lowest BCUT2D eigenvalue weighted by atomic mass is 10.5. The van der Waals surface area contributed by atoms with Crippen molar-refractivity contribution >= 4 is 11.8 Å². The fourth-order valence-corrected chi connectivity index (χ4v) is 0. The molecule has 60 valence electrons. The van der Waals surface area contributed by atoms with Crippen molar-refractivity contribution in [3.8, 4) is 0 Å². The second-order valence-corrected chi connectivity index (χ2v) is 1.61. The molecular weight excluding hydrogens is 136 g/mol. The Labute approximate surface area is 59.5 Å². The number of Topliss-reactive ketones (excluding diaryl/α,β-unsaturated/α-hetero) is 1. The molecule has 0 bridgehead atoms. The summed E-state index contributed by atoms with van der Waals surface area (Å²) in [6, 6.07) is 0. The van der Waals surface area contributed by atoms with Gasteiger partial charge in [0.15, 0.2) is 5.78 Å². The van der Waals surface area contributed by atoms with Gasteiger partial charge in [0.2, 0.25) is 0 Å². The Morgan fingerprint density at radius 3 is 1.60 bits per heavy atom. The molecule has 0 spiro atoms. The van der Waals surface area contributed by atoms with Crippen molar-refractivity contribution in [2.75, 3.05) is 6.61 Å². The van der Waals surface area contributed by atoms with Crippen LogP contribution in [-0.4, -0.2) is 28.6 Å². The number of carboxylic acids is 1. The molecule has 0 radical (unpaired) electrons. The molecule has 0 rings (SSSR count). The van der Waals surface area contributed by atoms with E-state index in [2.05, 4.69) is 0 Å². The summed E-state index contributed by atoms with van der Waals surface area (Å²) in [4.78, 5) is 18.9. The van der Waals surface area contributed by atoms with Crippen molar-refractivity contribution in [2.24, 2.45) is 0 Å². The number of ketones is 1. The number of carbonyl (C=O) groups excluding carboxylic acids is 1. The zero-order valence-electron chi connectivity index (χ0n) is 6.13. The lowest BCUT2D eigenvalue weighted by molar-refractivity contribution is -0.136. The van der Waals surface area contributed by atoms with Gasteiger partial charge in [-0.2, -0.15) is 0 Å². The summed E-state index contributed by atoms with van der Waals surface area (Å²) in [5, 5.41) is 15.5. The van der Waals surface area contributed by atoms with E-state index in [1.807, 2.05) is 0 Å². The van der Waals surface area contributed by atoms with E-state index in [4.69, 9.17) is 10.2 Å². The molecule has 2 N–H and O–H groups in total. The molecule has 0 aliphatic rings. The molecule has 0 fully saturated rings. The first kappa shape index (κ1) is 11.8. The standard InChI is InChI=1S/2C3H6O2/c1-3(5)2-4;1-2-3(4)5/h4H,2H2,1H3;2H2,1H3,(H,4,5). The average Bonchev–Trinajstić information content (AvgIpc) is 1.89. The molecule has 0 unspecified atom stereocenters. The van der Waals surface area contributed by atoms with Gasteiger partial charge in [0.25, 0.3) is 0 Å². The maximum absolute atomic E-state index is 9.56. The van der Waals surface area contributed by atoms with Crippen LogP contribution in [-0.2, 0) is 9.59 Å². The molecule has 0 amide bonds. The number of hydrogen-bond donors (Lipinski definition) is 2. The third kappa shape index (κ3) is 27.5. The number of rotatable bonds is 2. The van der Waals surface area contributed by atoms with Crippen molar-refractivity contribution in [1.29, 1.82) is 0 Å². The highest BCUT2D eigenvalue weighted by Gasteiger charge is 1.80. The van der Waals surface area contributed by atoms with Crippen LogP contribution in [0.1, 0.15) is 20.3 Å². The quantitative estimate of drug-likeness (QED) is 0.580. The van der Waals surface area contributed by atoms with Gasteiger partial charge in [0, 0.05) is 6.42 Å². The molecule has 0 aliphatic heterocycles. The van der Waals surface area contributed by atoms with Crippen molar-refractivity contribution in [3.05, 3.63) is 0 Å². The van der Waals surface area contributed by atoms with E-state index in [0.29, 0.717) is 0 Å². The number of hydrogen-bond acceptors (Lipinski definition) is 3. The van der Waals surface area contributed by atoms with Gasteiger partial charge in [-0.3, -0.25) is 9.59 Å². The Balaban J connectivity index is 0. The van der Waals surface area contributed by atoms with E-state index in [0.717, 1.165) is 0 Å². The minimum absolute atomic E-state index is 0.190. The van der Waals surface area contributed by atoms with Gasteiger partial charge in [0.05, 0.1) is 0 Å². The van der Waals surface area contributed by atoms with Crippen LogP contribution in [0, 0.1) is 0 Å². The number of carboxylic acid groups (broad SMARTS) is 1. The van der Waals surface area contributed by atoms with E-state index in [9.17, 15) is 9.59 Å². The molecule has 0 aromatic rings. The van der Waals surface area contributed by atoms with Crippen molar-refractivity contribution in [1.82, 2.24) is 0 Å². The lowest BCUT2D eigenvalue weighted by Gasteiger charge is -1.72. The normalized spacial score (nSPS) is 7.50. The van der Waals surface area contributed by atoms with Crippen LogP contribution in [0.2, 0.25) is 0 Å². The molecule has 0 saturated carbocycles. The maximum atomic E-state index is 9.56. The van der Waals surface area contributed by atoms with E-state index in [1.54, 1.807) is 6.92 Å². The number of aliphatic hydroxyl groups excluding tert-OH is 1. The first-order valence-corrected chi connectivity index (χ1v) is 2.86. The van der Waals surface area contributed by atoms with Gasteiger partial charge in [-0.1, -0.05) is 6.92 Å². The molecule has 0 aromatic heterocycles. The van der Waals surface area contributed by atoms with Gasteiger partial charge in [-0.25, -0.2) is 0 Å². The highest BCUT2D eigenvalue weighted by molar-refractivity contribution is 5.76. The summed E-state index contributed by atoms with van der Waals surface area (Å²) in [6.07, 6.45) is 0.222. The highest BCUT2D eigenvalue weighted by atomic mass is 16.4. The largest absolute Gasteiger partial charge is 0.481 e. The first-order chi connectivity index (χ1) is 4.54. The Morgan fingerprint density at radius 2 is 1.60 bits per heavy atom. The first-order valence-electron chi connectivity index (χ1n) is 2.86. The van der Waals surface area contributed by atoms with Gasteiger partial charge in [-0.05, 0) is 6.92 Å². The Morgan fingerprint density at radius 1 is 1.40 bits per heavy atom. The monoisotopic (exact) mass is 148 g/mol. The summed E-state index contributed by atoms with van der Waals surface area (Å²) in [5.74, 6) is -0.935.